The number of nitrogens with one attached hydrogen (secondary N) is 1. The van der Waals surface area contributed by atoms with Gasteiger partial charge >= 0.3 is 0 Å². The molecule has 1 unspecified atom stereocenters. The van der Waals surface area contributed by atoms with Crippen molar-refractivity contribution in [3.05, 3.63) is 58.2 Å². The molecular weight excluding hydrogens is 451 g/mol. The van der Waals surface area contributed by atoms with Crippen LogP contribution in [0.2, 0.25) is 0 Å². The van der Waals surface area contributed by atoms with E-state index >= 15 is 0 Å². The number of hydrogen-bond donors (Lipinski definition) is 1. The van der Waals surface area contributed by atoms with Crippen molar-refractivity contribution >= 4 is 44.2 Å². The Hall–Kier alpha value is -1.45. The molecule has 2 aromatic rings. The number of carbonyl (C=O) groups excluding carboxylic acids is 1. The molecule has 0 bridgehead atoms. The number of benzene rings is 2. The van der Waals surface area contributed by atoms with E-state index in [0.29, 0.717) is 19.4 Å². The van der Waals surface area contributed by atoms with E-state index in [2.05, 4.69) is 27.9 Å². The lowest BCUT2D eigenvalue weighted by molar-refractivity contribution is -0.120. The van der Waals surface area contributed by atoms with E-state index in [-0.39, 0.29) is 23.3 Å². The molecule has 0 radical (unpaired) electrons. The highest BCUT2D eigenvalue weighted by molar-refractivity contribution is 14.1. The summed E-state index contributed by atoms with van der Waals surface area (Å²) in [7, 11) is -3.55. The lowest BCUT2D eigenvalue weighted by Gasteiger charge is -2.31. The van der Waals surface area contributed by atoms with Crippen molar-refractivity contribution < 1.29 is 13.2 Å². The third-order valence-corrected chi connectivity index (χ3v) is 6.85. The molecule has 1 fully saturated rings. The first-order valence-electron chi connectivity index (χ1n) is 8.08. The van der Waals surface area contributed by atoms with Crippen molar-refractivity contribution in [2.45, 2.75) is 17.7 Å². The maximum atomic E-state index is 12.7. The van der Waals surface area contributed by atoms with Gasteiger partial charge in [-0.3, -0.25) is 4.79 Å². The molecule has 7 heteroatoms. The SMILES string of the molecule is O=C(Nc1ccc(I)cc1)C1CCCN(S(=O)(=O)c2ccccc2)C1. The highest BCUT2D eigenvalue weighted by Crippen LogP contribution is 2.24. The second kappa shape index (κ2) is 7.84. The molecule has 0 aromatic heterocycles. The summed E-state index contributed by atoms with van der Waals surface area (Å²) in [4.78, 5) is 12.8. The van der Waals surface area contributed by atoms with Gasteiger partial charge in [-0.15, -0.1) is 0 Å². The molecule has 2 aromatic carbocycles. The van der Waals surface area contributed by atoms with Crippen LogP contribution in [0.1, 0.15) is 12.8 Å². The van der Waals surface area contributed by atoms with Gasteiger partial charge in [-0.1, -0.05) is 18.2 Å². The number of halogens is 1. The normalized spacial score (nSPS) is 18.7. The lowest BCUT2D eigenvalue weighted by Crippen LogP contribution is -2.43. The fraction of sp³-hybridized carbons (Fsp3) is 0.278. The third-order valence-electron chi connectivity index (χ3n) is 4.25. The van der Waals surface area contributed by atoms with Gasteiger partial charge in [0.2, 0.25) is 15.9 Å². The van der Waals surface area contributed by atoms with Crippen LogP contribution in [0.15, 0.2) is 59.5 Å². The first-order chi connectivity index (χ1) is 12.0. The van der Waals surface area contributed by atoms with Gasteiger partial charge in [0.05, 0.1) is 10.8 Å². The first-order valence-corrected chi connectivity index (χ1v) is 10.6. The van der Waals surface area contributed by atoms with Gasteiger partial charge in [0, 0.05) is 22.3 Å². The monoisotopic (exact) mass is 470 g/mol. The highest BCUT2D eigenvalue weighted by Gasteiger charge is 2.33. The van der Waals surface area contributed by atoms with Crippen LogP contribution >= 0.6 is 22.6 Å². The molecule has 5 nitrogen and oxygen atoms in total. The van der Waals surface area contributed by atoms with Gasteiger partial charge in [-0.2, -0.15) is 4.31 Å². The van der Waals surface area contributed by atoms with Crippen molar-refractivity contribution in [1.29, 1.82) is 0 Å². The minimum absolute atomic E-state index is 0.130. The van der Waals surface area contributed by atoms with Crippen LogP contribution in [0.3, 0.4) is 0 Å². The molecule has 1 heterocycles. The summed E-state index contributed by atoms with van der Waals surface area (Å²) in [6.07, 6.45) is 1.37. The van der Waals surface area contributed by atoms with Crippen molar-refractivity contribution in [3.63, 3.8) is 0 Å². The summed E-state index contributed by atoms with van der Waals surface area (Å²) in [6.45, 7) is 0.665. The van der Waals surface area contributed by atoms with Crippen LogP contribution in [-0.2, 0) is 14.8 Å². The van der Waals surface area contributed by atoms with Crippen LogP contribution in [0.5, 0.6) is 0 Å². The van der Waals surface area contributed by atoms with E-state index in [1.165, 1.54) is 4.31 Å². The van der Waals surface area contributed by atoms with Gasteiger partial charge in [-0.25, -0.2) is 8.42 Å². The maximum absolute atomic E-state index is 12.7. The Morgan fingerprint density at radius 3 is 2.44 bits per heavy atom. The van der Waals surface area contributed by atoms with Crippen LogP contribution in [-0.4, -0.2) is 31.7 Å². The number of nitrogens with zero attached hydrogens (tertiary/aromatic N) is 1. The van der Waals surface area contributed by atoms with Crippen LogP contribution in [0.4, 0.5) is 5.69 Å². The number of piperidine rings is 1. The zero-order valence-corrected chi connectivity index (χ0v) is 16.5. The molecule has 1 atom stereocenters. The van der Waals surface area contributed by atoms with E-state index < -0.39 is 10.0 Å². The number of carbonyl (C=O) groups is 1. The molecular formula is C18H19IN2O3S. The summed E-state index contributed by atoms with van der Waals surface area (Å²) < 4.78 is 28.0. The second-order valence-electron chi connectivity index (χ2n) is 6.01. The number of amides is 1. The van der Waals surface area contributed by atoms with Gasteiger partial charge < -0.3 is 5.32 Å². The minimum atomic E-state index is -3.55. The second-order valence-corrected chi connectivity index (χ2v) is 9.19. The summed E-state index contributed by atoms with van der Waals surface area (Å²) in [5, 5.41) is 2.89. The van der Waals surface area contributed by atoms with Crippen molar-refractivity contribution in [1.82, 2.24) is 4.31 Å². The zero-order valence-electron chi connectivity index (χ0n) is 13.6. The van der Waals surface area contributed by atoms with Crippen LogP contribution in [0.25, 0.3) is 0 Å². The average molecular weight is 470 g/mol. The fourth-order valence-electron chi connectivity index (χ4n) is 2.89. The fourth-order valence-corrected chi connectivity index (χ4v) is 4.80. The molecule has 1 aliphatic heterocycles. The molecule has 0 aliphatic carbocycles. The van der Waals surface area contributed by atoms with Gasteiger partial charge in [0.1, 0.15) is 0 Å². The van der Waals surface area contributed by atoms with E-state index in [0.717, 1.165) is 9.26 Å². The molecule has 1 N–H and O–H groups in total. The maximum Gasteiger partial charge on any atom is 0.243 e. The van der Waals surface area contributed by atoms with Crippen molar-refractivity contribution in [3.8, 4) is 0 Å². The Labute approximate surface area is 161 Å². The molecule has 0 spiro atoms. The Morgan fingerprint density at radius 2 is 1.76 bits per heavy atom. The van der Waals surface area contributed by atoms with E-state index in [1.54, 1.807) is 30.3 Å². The third kappa shape index (κ3) is 4.39. The molecule has 1 aliphatic rings. The van der Waals surface area contributed by atoms with Gasteiger partial charge in [0.15, 0.2) is 0 Å². The highest BCUT2D eigenvalue weighted by atomic mass is 127. The average Bonchev–Trinajstić information content (AvgIpc) is 2.64. The van der Waals surface area contributed by atoms with Gasteiger partial charge in [0.25, 0.3) is 0 Å². The topological polar surface area (TPSA) is 66.5 Å². The van der Waals surface area contributed by atoms with Crippen LogP contribution < -0.4 is 5.32 Å². The Morgan fingerprint density at radius 1 is 1.08 bits per heavy atom. The zero-order chi connectivity index (χ0) is 17.9. The smallest absolute Gasteiger partial charge is 0.243 e. The quantitative estimate of drug-likeness (QED) is 0.698. The summed E-state index contributed by atoms with van der Waals surface area (Å²) in [5.41, 5.74) is 0.730. The molecule has 1 amide bonds. The van der Waals surface area contributed by atoms with E-state index in [9.17, 15) is 13.2 Å². The standard InChI is InChI=1S/C18H19IN2O3S/c19-15-8-10-16(11-9-15)20-18(22)14-5-4-12-21(13-14)25(23,24)17-6-2-1-3-7-17/h1-3,6-11,14H,4-5,12-13H2,(H,20,22). The number of rotatable bonds is 4. The molecule has 132 valence electrons. The molecule has 1 saturated heterocycles. The Bertz CT molecular complexity index is 838. The minimum Gasteiger partial charge on any atom is -0.326 e. The van der Waals surface area contributed by atoms with E-state index in [4.69, 9.17) is 0 Å². The molecule has 0 saturated carbocycles. The van der Waals surface area contributed by atoms with E-state index in [1.807, 2.05) is 24.3 Å². The summed E-state index contributed by atoms with van der Waals surface area (Å²) in [5.74, 6) is -0.472. The summed E-state index contributed by atoms with van der Waals surface area (Å²) >= 11 is 2.20. The summed E-state index contributed by atoms with van der Waals surface area (Å²) in [6, 6.07) is 15.9. The van der Waals surface area contributed by atoms with Crippen molar-refractivity contribution in [2.24, 2.45) is 5.92 Å². The predicted octanol–water partition coefficient (Wildman–Crippen LogP) is 3.33. The van der Waals surface area contributed by atoms with Crippen LogP contribution in [0, 0.1) is 9.49 Å². The predicted molar refractivity (Wildman–Crippen MR) is 106 cm³/mol. The lowest BCUT2D eigenvalue weighted by atomic mass is 9.99. The number of sulfonamides is 1. The van der Waals surface area contributed by atoms with Crippen molar-refractivity contribution in [2.75, 3.05) is 18.4 Å². The molecule has 3 rings (SSSR count). The number of hydrogen-bond acceptors (Lipinski definition) is 3. The molecule has 25 heavy (non-hydrogen) atoms. The van der Waals surface area contributed by atoms with Gasteiger partial charge in [-0.05, 0) is 71.8 Å². The first kappa shape index (κ1) is 18.3. The Balaban J connectivity index is 1.70. The Kier molecular flexibility index (Phi) is 5.75. The number of anilines is 1. The largest absolute Gasteiger partial charge is 0.326 e.